The minimum Gasteiger partial charge on any atom is -0.492 e. The Balaban J connectivity index is 1.41. The van der Waals surface area contributed by atoms with E-state index in [-0.39, 0.29) is 6.03 Å². The Labute approximate surface area is 166 Å². The van der Waals surface area contributed by atoms with Crippen molar-refractivity contribution in [2.45, 2.75) is 13.1 Å². The van der Waals surface area contributed by atoms with Crippen LogP contribution in [0.15, 0.2) is 48.7 Å². The molecule has 28 heavy (non-hydrogen) atoms. The summed E-state index contributed by atoms with van der Waals surface area (Å²) in [6.07, 6.45) is 1.73. The largest absolute Gasteiger partial charge is 0.492 e. The van der Waals surface area contributed by atoms with E-state index in [0.29, 0.717) is 19.7 Å². The summed E-state index contributed by atoms with van der Waals surface area (Å²) in [6.45, 7) is 5.96. The molecule has 1 aromatic heterocycles. The number of aromatic nitrogens is 1. The fourth-order valence-electron chi connectivity index (χ4n) is 2.98. The first-order chi connectivity index (χ1) is 13.7. The van der Waals surface area contributed by atoms with Gasteiger partial charge in [0.2, 0.25) is 0 Å². The zero-order valence-corrected chi connectivity index (χ0v) is 16.3. The van der Waals surface area contributed by atoms with E-state index in [2.05, 4.69) is 15.2 Å². The zero-order chi connectivity index (χ0) is 19.6. The van der Waals surface area contributed by atoms with E-state index < -0.39 is 0 Å². The standard InChI is InChI=1S/C21H28N4O3/c1-24(17-19-6-2-3-8-22-19)21(26)23-16-18-5-4-7-20(15-18)28-14-11-25-9-12-27-13-10-25/h2-8,15H,9-14,16-17H2,1H3,(H,23,26). The van der Waals surface area contributed by atoms with Crippen LogP contribution in [-0.4, -0.2) is 67.3 Å². The van der Waals surface area contributed by atoms with Gasteiger partial charge in [-0.25, -0.2) is 4.79 Å². The van der Waals surface area contributed by atoms with E-state index in [1.807, 2.05) is 42.5 Å². The van der Waals surface area contributed by atoms with E-state index in [0.717, 1.165) is 49.9 Å². The molecule has 3 rings (SSSR count). The average molecular weight is 384 g/mol. The van der Waals surface area contributed by atoms with Crippen molar-refractivity contribution in [3.8, 4) is 5.75 Å². The highest BCUT2D eigenvalue weighted by atomic mass is 16.5. The lowest BCUT2D eigenvalue weighted by molar-refractivity contribution is 0.0322. The number of amides is 2. The Kier molecular flexibility index (Phi) is 7.63. The van der Waals surface area contributed by atoms with E-state index in [1.54, 1.807) is 18.1 Å². The van der Waals surface area contributed by atoms with Gasteiger partial charge in [0.1, 0.15) is 12.4 Å². The average Bonchev–Trinajstić information content (AvgIpc) is 2.74. The van der Waals surface area contributed by atoms with Gasteiger partial charge < -0.3 is 19.7 Å². The van der Waals surface area contributed by atoms with Crippen molar-refractivity contribution < 1.29 is 14.3 Å². The van der Waals surface area contributed by atoms with Crippen molar-refractivity contribution in [3.05, 3.63) is 59.9 Å². The third kappa shape index (κ3) is 6.51. The van der Waals surface area contributed by atoms with Gasteiger partial charge in [0.05, 0.1) is 25.5 Å². The van der Waals surface area contributed by atoms with Crippen molar-refractivity contribution in [2.75, 3.05) is 46.5 Å². The molecule has 1 saturated heterocycles. The number of hydrogen-bond acceptors (Lipinski definition) is 5. The Morgan fingerprint density at radius 2 is 2.11 bits per heavy atom. The number of hydrogen-bond donors (Lipinski definition) is 1. The van der Waals surface area contributed by atoms with E-state index >= 15 is 0 Å². The molecule has 0 aliphatic carbocycles. The molecule has 0 saturated carbocycles. The Morgan fingerprint density at radius 3 is 2.89 bits per heavy atom. The van der Waals surface area contributed by atoms with E-state index in [9.17, 15) is 4.79 Å². The number of carbonyl (C=O) groups is 1. The number of morpholine rings is 1. The maximum atomic E-state index is 12.3. The molecule has 2 amide bonds. The zero-order valence-electron chi connectivity index (χ0n) is 16.3. The number of pyridine rings is 1. The molecule has 150 valence electrons. The summed E-state index contributed by atoms with van der Waals surface area (Å²) in [6, 6.07) is 13.4. The van der Waals surface area contributed by atoms with Gasteiger partial charge in [-0.1, -0.05) is 18.2 Å². The molecule has 0 spiro atoms. The smallest absolute Gasteiger partial charge is 0.317 e. The first kappa shape index (κ1) is 20.1. The van der Waals surface area contributed by atoms with Crippen LogP contribution in [0.4, 0.5) is 4.79 Å². The molecule has 1 aliphatic heterocycles. The summed E-state index contributed by atoms with van der Waals surface area (Å²) in [5.74, 6) is 0.821. The second-order valence-electron chi connectivity index (χ2n) is 6.79. The molecule has 7 heteroatoms. The predicted molar refractivity (Wildman–Crippen MR) is 107 cm³/mol. The topological polar surface area (TPSA) is 66.9 Å². The molecule has 0 unspecified atom stereocenters. The molecule has 1 aromatic carbocycles. The molecule has 2 heterocycles. The summed E-state index contributed by atoms with van der Waals surface area (Å²) >= 11 is 0. The first-order valence-corrected chi connectivity index (χ1v) is 9.61. The van der Waals surface area contributed by atoms with Crippen molar-refractivity contribution in [1.29, 1.82) is 0 Å². The van der Waals surface area contributed by atoms with Gasteiger partial charge in [-0.15, -0.1) is 0 Å². The van der Waals surface area contributed by atoms with Crippen LogP contribution in [0.3, 0.4) is 0 Å². The normalized spacial score (nSPS) is 14.5. The number of urea groups is 1. The summed E-state index contributed by atoms with van der Waals surface area (Å²) in [5, 5.41) is 2.94. The Bertz CT molecular complexity index is 735. The van der Waals surface area contributed by atoms with Crippen molar-refractivity contribution in [2.24, 2.45) is 0 Å². The second-order valence-corrected chi connectivity index (χ2v) is 6.79. The first-order valence-electron chi connectivity index (χ1n) is 9.61. The monoisotopic (exact) mass is 384 g/mol. The molecule has 1 aliphatic rings. The molecule has 2 aromatic rings. The molecule has 0 atom stereocenters. The van der Waals surface area contributed by atoms with Crippen LogP contribution in [0.2, 0.25) is 0 Å². The van der Waals surface area contributed by atoms with Crippen molar-refractivity contribution in [3.63, 3.8) is 0 Å². The molecule has 0 radical (unpaired) electrons. The van der Waals surface area contributed by atoms with Crippen molar-refractivity contribution in [1.82, 2.24) is 20.1 Å². The molecule has 7 nitrogen and oxygen atoms in total. The SMILES string of the molecule is CN(Cc1ccccn1)C(=O)NCc1cccc(OCCN2CCOCC2)c1. The highest BCUT2D eigenvalue weighted by Crippen LogP contribution is 2.13. The lowest BCUT2D eigenvalue weighted by Gasteiger charge is -2.26. The van der Waals surface area contributed by atoms with Crippen LogP contribution in [-0.2, 0) is 17.8 Å². The number of nitrogens with zero attached hydrogens (tertiary/aromatic N) is 3. The maximum absolute atomic E-state index is 12.3. The third-order valence-corrected chi connectivity index (χ3v) is 4.59. The number of ether oxygens (including phenoxy) is 2. The van der Waals surface area contributed by atoms with Gasteiger partial charge in [-0.05, 0) is 29.8 Å². The molecule has 1 fully saturated rings. The quantitative estimate of drug-likeness (QED) is 0.755. The van der Waals surface area contributed by atoms with Crippen molar-refractivity contribution >= 4 is 6.03 Å². The number of nitrogens with one attached hydrogen (secondary N) is 1. The molecular weight excluding hydrogens is 356 g/mol. The van der Waals surface area contributed by atoms with E-state index in [4.69, 9.17) is 9.47 Å². The van der Waals surface area contributed by atoms with Gasteiger partial charge in [0.15, 0.2) is 0 Å². The lowest BCUT2D eigenvalue weighted by Crippen LogP contribution is -2.38. The van der Waals surface area contributed by atoms with E-state index in [1.165, 1.54) is 0 Å². The number of carbonyl (C=O) groups excluding carboxylic acids is 1. The van der Waals surface area contributed by atoms with Crippen LogP contribution >= 0.6 is 0 Å². The summed E-state index contributed by atoms with van der Waals surface area (Å²) in [5.41, 5.74) is 1.86. The van der Waals surface area contributed by atoms with Crippen LogP contribution in [0.1, 0.15) is 11.3 Å². The van der Waals surface area contributed by atoms with Crippen LogP contribution in [0.5, 0.6) is 5.75 Å². The fraction of sp³-hybridized carbons (Fsp3) is 0.429. The van der Waals surface area contributed by atoms with Gasteiger partial charge in [-0.3, -0.25) is 9.88 Å². The number of rotatable bonds is 8. The van der Waals surface area contributed by atoms with Crippen LogP contribution in [0.25, 0.3) is 0 Å². The van der Waals surface area contributed by atoms with Gasteiger partial charge in [0.25, 0.3) is 0 Å². The minimum atomic E-state index is -0.135. The molecule has 1 N–H and O–H groups in total. The van der Waals surface area contributed by atoms with Crippen LogP contribution < -0.4 is 10.1 Å². The fourth-order valence-corrected chi connectivity index (χ4v) is 2.98. The molecular formula is C21H28N4O3. The Morgan fingerprint density at radius 1 is 1.25 bits per heavy atom. The van der Waals surface area contributed by atoms with Gasteiger partial charge >= 0.3 is 6.03 Å². The summed E-state index contributed by atoms with van der Waals surface area (Å²) < 4.78 is 11.2. The summed E-state index contributed by atoms with van der Waals surface area (Å²) in [4.78, 5) is 20.5. The molecule has 0 bridgehead atoms. The highest BCUT2D eigenvalue weighted by molar-refractivity contribution is 5.73. The lowest BCUT2D eigenvalue weighted by atomic mass is 10.2. The number of benzene rings is 1. The second kappa shape index (κ2) is 10.6. The summed E-state index contributed by atoms with van der Waals surface area (Å²) in [7, 11) is 1.76. The third-order valence-electron chi connectivity index (χ3n) is 4.59. The highest BCUT2D eigenvalue weighted by Gasteiger charge is 2.11. The maximum Gasteiger partial charge on any atom is 0.317 e. The van der Waals surface area contributed by atoms with Gasteiger partial charge in [-0.2, -0.15) is 0 Å². The van der Waals surface area contributed by atoms with Crippen LogP contribution in [0, 0.1) is 0 Å². The Hall–Kier alpha value is -2.64. The minimum absolute atomic E-state index is 0.135. The predicted octanol–water partition coefficient (Wildman–Crippen LogP) is 2.13. The van der Waals surface area contributed by atoms with Gasteiger partial charge in [0, 0.05) is 39.4 Å².